The first-order chi connectivity index (χ1) is 16.3. The number of sulfonamides is 1. The molecule has 0 bridgehead atoms. The zero-order valence-electron chi connectivity index (χ0n) is 20.6. The van der Waals surface area contributed by atoms with Crippen molar-refractivity contribution >= 4 is 15.9 Å². The summed E-state index contributed by atoms with van der Waals surface area (Å²) >= 11 is 0. The molecule has 2 N–H and O–H groups in total. The van der Waals surface area contributed by atoms with Gasteiger partial charge in [-0.25, -0.2) is 13.4 Å². The summed E-state index contributed by atoms with van der Waals surface area (Å²) in [4.78, 5) is 7.06. The molecule has 1 aromatic rings. The van der Waals surface area contributed by atoms with Gasteiger partial charge < -0.3 is 20.4 Å². The molecule has 0 radical (unpaired) electrons. The number of rotatable bonds is 9. The fourth-order valence-corrected chi connectivity index (χ4v) is 5.71. The van der Waals surface area contributed by atoms with Crippen LogP contribution >= 0.6 is 0 Å². The highest BCUT2D eigenvalue weighted by Gasteiger charge is 2.31. The third-order valence-corrected chi connectivity index (χ3v) is 8.24. The minimum Gasteiger partial charge on any atom is -0.493 e. The lowest BCUT2D eigenvalue weighted by atomic mass is 10.1. The Balaban J connectivity index is 1.71. The molecule has 0 saturated carbocycles. The standard InChI is InChI=1S/C24H36N6O3S/c1-5-7-15-33-22-10-9-18(34(31,32)30-13-11-28(3)12-14-30)16-19(22)24-25-17-21-23(26-24)20(8-6-2)27-29(21)4/h9-10,16-17,27H,5-8,11-15H2,1-4H3,(H,25,26). The molecule has 0 spiro atoms. The number of amidine groups is 1. The third-order valence-electron chi connectivity index (χ3n) is 6.34. The van der Waals surface area contributed by atoms with Gasteiger partial charge in [0, 0.05) is 33.2 Å². The summed E-state index contributed by atoms with van der Waals surface area (Å²) in [5.41, 5.74) is 7.06. The Bertz CT molecular complexity index is 1100. The quantitative estimate of drug-likeness (QED) is 0.516. The summed E-state index contributed by atoms with van der Waals surface area (Å²) < 4.78 is 34.5. The van der Waals surface area contributed by atoms with E-state index in [1.165, 1.54) is 0 Å². The number of fused-ring (bicyclic) bond motifs is 1. The maximum absolute atomic E-state index is 13.4. The molecule has 0 aliphatic carbocycles. The molecule has 3 aliphatic heterocycles. The molecule has 4 rings (SSSR count). The number of benzene rings is 1. The lowest BCUT2D eigenvalue weighted by Crippen LogP contribution is -2.47. The average Bonchev–Trinajstić information content (AvgIpc) is 3.14. The van der Waals surface area contributed by atoms with Gasteiger partial charge in [-0.15, -0.1) is 0 Å². The van der Waals surface area contributed by atoms with Crippen molar-refractivity contribution in [3.05, 3.63) is 47.1 Å². The summed E-state index contributed by atoms with van der Waals surface area (Å²) in [7, 11) is 0.354. The Morgan fingerprint density at radius 1 is 1.09 bits per heavy atom. The van der Waals surface area contributed by atoms with Crippen molar-refractivity contribution < 1.29 is 13.2 Å². The predicted molar refractivity (Wildman–Crippen MR) is 134 cm³/mol. The van der Waals surface area contributed by atoms with E-state index < -0.39 is 10.0 Å². The summed E-state index contributed by atoms with van der Waals surface area (Å²) in [6, 6.07) is 5.11. The highest BCUT2D eigenvalue weighted by molar-refractivity contribution is 7.89. The Hall–Kier alpha value is -2.56. The van der Waals surface area contributed by atoms with Crippen LogP contribution in [0.25, 0.3) is 0 Å². The summed E-state index contributed by atoms with van der Waals surface area (Å²) in [5, 5.41) is 5.40. The van der Waals surface area contributed by atoms with Crippen molar-refractivity contribution in [1.82, 2.24) is 25.0 Å². The summed E-state index contributed by atoms with van der Waals surface area (Å²) in [6.07, 6.45) is 5.65. The molecular weight excluding hydrogens is 452 g/mol. The molecule has 0 aromatic heterocycles. The minimum atomic E-state index is -3.61. The molecule has 0 unspecified atom stereocenters. The van der Waals surface area contributed by atoms with E-state index in [-0.39, 0.29) is 4.90 Å². The third kappa shape index (κ3) is 4.94. The average molecular weight is 489 g/mol. The van der Waals surface area contributed by atoms with Crippen LogP contribution in [0.4, 0.5) is 0 Å². The molecular formula is C24H36N6O3S. The molecule has 3 heterocycles. The van der Waals surface area contributed by atoms with Gasteiger partial charge in [0.1, 0.15) is 17.3 Å². The zero-order valence-corrected chi connectivity index (χ0v) is 21.4. The van der Waals surface area contributed by atoms with E-state index in [9.17, 15) is 8.42 Å². The molecule has 0 amide bonds. The van der Waals surface area contributed by atoms with Gasteiger partial charge in [0.25, 0.3) is 0 Å². The van der Waals surface area contributed by atoms with Crippen molar-refractivity contribution in [2.24, 2.45) is 4.99 Å². The zero-order chi connectivity index (χ0) is 24.3. The molecule has 1 saturated heterocycles. The van der Waals surface area contributed by atoms with E-state index in [1.807, 2.05) is 25.3 Å². The maximum atomic E-state index is 13.4. The van der Waals surface area contributed by atoms with E-state index in [4.69, 9.17) is 4.74 Å². The second-order valence-electron chi connectivity index (χ2n) is 8.96. The predicted octanol–water partition coefficient (Wildman–Crippen LogP) is 2.45. The van der Waals surface area contributed by atoms with Crippen molar-refractivity contribution in [3.63, 3.8) is 0 Å². The monoisotopic (exact) mass is 488 g/mol. The van der Waals surface area contributed by atoms with Crippen molar-refractivity contribution in [2.45, 2.75) is 44.4 Å². The van der Waals surface area contributed by atoms with Gasteiger partial charge in [-0.1, -0.05) is 26.7 Å². The molecule has 3 aliphatic rings. The lowest BCUT2D eigenvalue weighted by Gasteiger charge is -2.31. The smallest absolute Gasteiger partial charge is 0.243 e. The largest absolute Gasteiger partial charge is 0.493 e. The van der Waals surface area contributed by atoms with Crippen LogP contribution in [-0.2, 0) is 10.0 Å². The first-order valence-electron chi connectivity index (χ1n) is 12.1. The Labute approximate surface area is 203 Å². The van der Waals surface area contributed by atoms with E-state index in [2.05, 4.69) is 34.5 Å². The topological polar surface area (TPSA) is 89.5 Å². The van der Waals surface area contributed by atoms with Crippen LogP contribution < -0.4 is 15.5 Å². The number of hydrogen-bond donors (Lipinski definition) is 2. The second-order valence-corrected chi connectivity index (χ2v) is 10.9. The maximum Gasteiger partial charge on any atom is 0.243 e. The van der Waals surface area contributed by atoms with E-state index in [1.54, 1.807) is 22.5 Å². The molecule has 1 aromatic carbocycles. The minimum absolute atomic E-state index is 0.263. The second kappa shape index (κ2) is 10.4. The lowest BCUT2D eigenvalue weighted by molar-refractivity contribution is 0.222. The Morgan fingerprint density at radius 3 is 2.56 bits per heavy atom. The van der Waals surface area contributed by atoms with Gasteiger partial charge in [-0.2, -0.15) is 4.31 Å². The number of hydrogen-bond acceptors (Lipinski definition) is 8. The summed E-state index contributed by atoms with van der Waals surface area (Å²) in [5.74, 6) is 1.22. The molecule has 0 atom stereocenters. The van der Waals surface area contributed by atoms with Crippen LogP contribution in [0.1, 0.15) is 45.1 Å². The van der Waals surface area contributed by atoms with Crippen LogP contribution in [0.2, 0.25) is 0 Å². The first kappa shape index (κ1) is 24.6. The number of likely N-dealkylation sites (N-methyl/N-ethyl adjacent to an activating group) is 2. The van der Waals surface area contributed by atoms with Gasteiger partial charge in [0.05, 0.1) is 34.7 Å². The van der Waals surface area contributed by atoms with E-state index in [0.717, 1.165) is 55.9 Å². The molecule has 10 heteroatoms. The Kier molecular flexibility index (Phi) is 7.49. The van der Waals surface area contributed by atoms with Gasteiger partial charge in [-0.05, 0) is 38.1 Å². The number of hydrazine groups is 1. The van der Waals surface area contributed by atoms with E-state index in [0.29, 0.717) is 36.8 Å². The molecule has 34 heavy (non-hydrogen) atoms. The number of piperazine rings is 1. The number of unbranched alkanes of at least 4 members (excludes halogenated alkanes) is 1. The van der Waals surface area contributed by atoms with Gasteiger partial charge >= 0.3 is 0 Å². The van der Waals surface area contributed by atoms with Crippen LogP contribution in [0.3, 0.4) is 0 Å². The SMILES string of the molecule is CCCCOc1ccc(S(=O)(=O)N2CCN(C)CC2)cc1C1=NC=C2C(=C(CCC)NN2C)N1. The van der Waals surface area contributed by atoms with Crippen molar-refractivity contribution in [2.75, 3.05) is 46.9 Å². The Morgan fingerprint density at radius 2 is 1.85 bits per heavy atom. The van der Waals surface area contributed by atoms with Gasteiger partial charge in [0.2, 0.25) is 10.0 Å². The fraction of sp³-hybridized carbons (Fsp3) is 0.542. The summed E-state index contributed by atoms with van der Waals surface area (Å²) in [6.45, 7) is 7.24. The normalized spacial score (nSPS) is 19.4. The number of nitrogens with zero attached hydrogens (tertiary/aromatic N) is 4. The van der Waals surface area contributed by atoms with Gasteiger partial charge in [-0.3, -0.25) is 5.01 Å². The number of nitrogens with one attached hydrogen (secondary N) is 2. The van der Waals surface area contributed by atoms with Crippen molar-refractivity contribution in [3.8, 4) is 5.75 Å². The fourth-order valence-electron chi connectivity index (χ4n) is 4.26. The number of allylic oxidation sites excluding steroid dienone is 1. The number of aliphatic imine (C=N–C) groups is 1. The first-order valence-corrected chi connectivity index (χ1v) is 13.5. The highest BCUT2D eigenvalue weighted by atomic mass is 32.2. The molecule has 1 fully saturated rings. The van der Waals surface area contributed by atoms with E-state index >= 15 is 0 Å². The van der Waals surface area contributed by atoms with Crippen LogP contribution in [0.15, 0.2) is 51.4 Å². The highest BCUT2D eigenvalue weighted by Crippen LogP contribution is 2.30. The van der Waals surface area contributed by atoms with Crippen molar-refractivity contribution in [1.29, 1.82) is 0 Å². The van der Waals surface area contributed by atoms with Crippen LogP contribution in [0, 0.1) is 0 Å². The molecule has 186 valence electrons. The van der Waals surface area contributed by atoms with Crippen LogP contribution in [0.5, 0.6) is 5.75 Å². The number of ether oxygens (including phenoxy) is 1. The molecule has 9 nitrogen and oxygen atoms in total. The van der Waals surface area contributed by atoms with Crippen LogP contribution in [-0.4, -0.2) is 75.3 Å². The van der Waals surface area contributed by atoms with Gasteiger partial charge in [0.15, 0.2) is 0 Å².